The van der Waals surface area contributed by atoms with Crippen molar-refractivity contribution in [3.8, 4) is 11.9 Å². The number of hydrogen-bond donors (Lipinski definition) is 2. The molecule has 2 aliphatic rings. The lowest BCUT2D eigenvalue weighted by molar-refractivity contribution is -0.0592. The van der Waals surface area contributed by atoms with Crippen LogP contribution in [0.25, 0.3) is 11.0 Å². The molecule has 2 aromatic heterocycles. The summed E-state index contributed by atoms with van der Waals surface area (Å²) in [5.74, 6) is 1.70. The predicted octanol–water partition coefficient (Wildman–Crippen LogP) is 4.38. The molecule has 0 aliphatic carbocycles. The summed E-state index contributed by atoms with van der Waals surface area (Å²) < 4.78 is 27.9. The van der Waals surface area contributed by atoms with Gasteiger partial charge in [-0.1, -0.05) is 18.2 Å². The number of hydrogen-bond acceptors (Lipinski definition) is 8. The quantitative estimate of drug-likeness (QED) is 0.296. The molecule has 6 rings (SSSR count). The smallest absolute Gasteiger partial charge is 0.215 e. The fourth-order valence-electron chi connectivity index (χ4n) is 5.38. The number of piperidine rings is 1. The second-order valence-corrected chi connectivity index (χ2v) is 10.7. The lowest BCUT2D eigenvalue weighted by Gasteiger charge is -2.33. The van der Waals surface area contributed by atoms with Crippen molar-refractivity contribution in [1.29, 1.82) is 5.26 Å². The number of imidazole rings is 1. The monoisotopic (exact) mass is 556 g/mol. The molecule has 212 valence electrons. The van der Waals surface area contributed by atoms with Crippen LogP contribution >= 0.6 is 0 Å². The first-order valence-electron chi connectivity index (χ1n) is 14.1. The molecule has 0 saturated carbocycles. The van der Waals surface area contributed by atoms with Crippen LogP contribution in [0.3, 0.4) is 0 Å². The van der Waals surface area contributed by atoms with Gasteiger partial charge in [0.2, 0.25) is 5.88 Å². The van der Waals surface area contributed by atoms with Gasteiger partial charge in [-0.25, -0.2) is 9.37 Å². The standard InChI is InChI=1S/C31H33FN6O3/c32-26-14-21(16-33)4-6-23(26)20-41-31-3-1-2-29(36-31)34-24-8-11-37(12-9-24)18-30-35-27-7-5-22(19-39)15-28(27)38(30)17-25-10-13-40-25/h1-7,14-15,24-25,39H,8-13,17-20H2,(H,34,36)/t25-/m0/s1. The summed E-state index contributed by atoms with van der Waals surface area (Å²) in [6.07, 6.45) is 3.20. The van der Waals surface area contributed by atoms with Gasteiger partial charge in [0.05, 0.1) is 48.5 Å². The Morgan fingerprint density at radius 2 is 1.95 bits per heavy atom. The summed E-state index contributed by atoms with van der Waals surface area (Å²) >= 11 is 0. The highest BCUT2D eigenvalue weighted by Gasteiger charge is 2.25. The third kappa shape index (κ3) is 6.33. The highest BCUT2D eigenvalue weighted by molar-refractivity contribution is 5.77. The predicted molar refractivity (Wildman–Crippen MR) is 152 cm³/mol. The second-order valence-electron chi connectivity index (χ2n) is 10.7. The molecule has 2 saturated heterocycles. The van der Waals surface area contributed by atoms with Crippen molar-refractivity contribution in [3.63, 3.8) is 0 Å². The number of rotatable bonds is 10. The van der Waals surface area contributed by atoms with E-state index in [-0.39, 0.29) is 30.9 Å². The molecule has 2 aliphatic heterocycles. The van der Waals surface area contributed by atoms with Gasteiger partial charge in [0.1, 0.15) is 24.1 Å². The van der Waals surface area contributed by atoms with E-state index < -0.39 is 5.82 Å². The van der Waals surface area contributed by atoms with E-state index in [1.807, 2.05) is 36.4 Å². The van der Waals surface area contributed by atoms with Crippen molar-refractivity contribution in [1.82, 2.24) is 19.4 Å². The van der Waals surface area contributed by atoms with Gasteiger partial charge in [-0.15, -0.1) is 0 Å². The Morgan fingerprint density at radius 1 is 1.10 bits per heavy atom. The van der Waals surface area contributed by atoms with Crippen LogP contribution in [-0.2, 0) is 31.0 Å². The summed E-state index contributed by atoms with van der Waals surface area (Å²) in [5.41, 5.74) is 3.53. The van der Waals surface area contributed by atoms with Crippen LogP contribution in [0.4, 0.5) is 10.2 Å². The van der Waals surface area contributed by atoms with Gasteiger partial charge >= 0.3 is 0 Å². The van der Waals surface area contributed by atoms with E-state index >= 15 is 0 Å². The van der Waals surface area contributed by atoms with Crippen molar-refractivity contribution in [3.05, 3.63) is 82.9 Å². The Balaban J connectivity index is 1.05. The zero-order valence-electron chi connectivity index (χ0n) is 22.8. The molecule has 2 N–H and O–H groups in total. The van der Waals surface area contributed by atoms with Gasteiger partial charge in [-0.2, -0.15) is 10.2 Å². The molecule has 4 aromatic rings. The van der Waals surface area contributed by atoms with E-state index in [1.54, 1.807) is 18.2 Å². The number of fused-ring (bicyclic) bond motifs is 1. The first-order valence-corrected chi connectivity index (χ1v) is 14.1. The SMILES string of the molecule is N#Cc1ccc(COc2cccc(NC3CCN(Cc4nc5ccc(CO)cc5n4C[C@@H]4CCO4)CC3)n2)c(F)c1. The number of aliphatic hydroxyl groups is 1. The number of nitriles is 1. The minimum absolute atomic E-state index is 0.0104. The first-order chi connectivity index (χ1) is 20.1. The average molecular weight is 557 g/mol. The Kier molecular flexibility index (Phi) is 8.09. The van der Waals surface area contributed by atoms with E-state index in [1.165, 1.54) is 6.07 Å². The van der Waals surface area contributed by atoms with E-state index in [9.17, 15) is 9.50 Å². The highest BCUT2D eigenvalue weighted by Crippen LogP contribution is 2.25. The fraction of sp³-hybridized carbons (Fsp3) is 0.387. The Bertz CT molecular complexity index is 1560. The number of halogens is 1. The minimum Gasteiger partial charge on any atom is -0.473 e. The maximum atomic E-state index is 14.2. The molecule has 0 bridgehead atoms. The largest absolute Gasteiger partial charge is 0.473 e. The zero-order valence-corrected chi connectivity index (χ0v) is 22.8. The lowest BCUT2D eigenvalue weighted by Crippen LogP contribution is -2.39. The van der Waals surface area contributed by atoms with Crippen LogP contribution in [-0.4, -0.2) is 56.4 Å². The van der Waals surface area contributed by atoms with Crippen LogP contribution in [0.5, 0.6) is 5.88 Å². The third-order valence-corrected chi connectivity index (χ3v) is 7.84. The normalized spacial score (nSPS) is 17.7. The molecule has 0 amide bonds. The Hall–Kier alpha value is -4.04. The van der Waals surface area contributed by atoms with Gasteiger partial charge in [-0.05, 0) is 55.2 Å². The molecule has 9 nitrogen and oxygen atoms in total. The van der Waals surface area contributed by atoms with Crippen LogP contribution in [0.1, 0.15) is 41.8 Å². The minimum atomic E-state index is -0.466. The number of nitrogens with one attached hydrogen (secondary N) is 1. The molecule has 41 heavy (non-hydrogen) atoms. The van der Waals surface area contributed by atoms with Crippen LogP contribution in [0.2, 0.25) is 0 Å². The van der Waals surface area contributed by atoms with Crippen molar-refractivity contribution in [2.75, 3.05) is 25.0 Å². The molecule has 4 heterocycles. The maximum Gasteiger partial charge on any atom is 0.215 e. The second kappa shape index (κ2) is 12.2. The average Bonchev–Trinajstić information content (AvgIpc) is 3.31. The van der Waals surface area contributed by atoms with Gasteiger partial charge in [-0.3, -0.25) is 4.90 Å². The molecular weight excluding hydrogens is 523 g/mol. The number of benzene rings is 2. The molecule has 1 atom stereocenters. The summed E-state index contributed by atoms with van der Waals surface area (Å²) in [4.78, 5) is 11.9. The van der Waals surface area contributed by atoms with Gasteiger partial charge < -0.3 is 24.5 Å². The maximum absolute atomic E-state index is 14.2. The van der Waals surface area contributed by atoms with Crippen LogP contribution < -0.4 is 10.1 Å². The van der Waals surface area contributed by atoms with E-state index in [0.29, 0.717) is 11.4 Å². The van der Waals surface area contributed by atoms with Crippen molar-refractivity contribution < 1.29 is 19.0 Å². The Labute approximate surface area is 238 Å². The topological polar surface area (TPSA) is 108 Å². The van der Waals surface area contributed by atoms with Gasteiger partial charge in [0.25, 0.3) is 0 Å². The Morgan fingerprint density at radius 3 is 2.68 bits per heavy atom. The van der Waals surface area contributed by atoms with Crippen molar-refractivity contribution in [2.24, 2.45) is 0 Å². The number of ether oxygens (including phenoxy) is 2. The molecule has 10 heteroatoms. The lowest BCUT2D eigenvalue weighted by atomic mass is 10.1. The van der Waals surface area contributed by atoms with E-state index in [0.717, 1.165) is 80.3 Å². The summed E-state index contributed by atoms with van der Waals surface area (Å²) in [5, 5.41) is 22.1. The fourth-order valence-corrected chi connectivity index (χ4v) is 5.38. The third-order valence-electron chi connectivity index (χ3n) is 7.84. The van der Waals surface area contributed by atoms with Gasteiger partial charge in [0, 0.05) is 37.4 Å². The van der Waals surface area contributed by atoms with Crippen molar-refractivity contribution >= 4 is 16.9 Å². The molecule has 2 fully saturated rings. The van der Waals surface area contributed by atoms with E-state index in [4.69, 9.17) is 19.7 Å². The van der Waals surface area contributed by atoms with Crippen LogP contribution in [0.15, 0.2) is 54.6 Å². The summed E-state index contributed by atoms with van der Waals surface area (Å²) in [7, 11) is 0. The van der Waals surface area contributed by atoms with Crippen LogP contribution in [0, 0.1) is 17.1 Å². The molecule has 0 unspecified atom stereocenters. The summed E-state index contributed by atoms with van der Waals surface area (Å²) in [6, 6.07) is 18.0. The number of likely N-dealkylation sites (tertiary alicyclic amines) is 1. The molecule has 0 radical (unpaired) electrons. The number of aromatic nitrogens is 3. The van der Waals surface area contributed by atoms with E-state index in [2.05, 4.69) is 19.8 Å². The number of anilines is 1. The highest BCUT2D eigenvalue weighted by atomic mass is 19.1. The van der Waals surface area contributed by atoms with Crippen molar-refractivity contribution in [2.45, 2.75) is 57.7 Å². The molecule has 0 spiro atoms. The molecule has 2 aromatic carbocycles. The zero-order chi connectivity index (χ0) is 28.2. The van der Waals surface area contributed by atoms with Gasteiger partial charge in [0.15, 0.2) is 0 Å². The number of aliphatic hydroxyl groups excluding tert-OH is 1. The number of nitrogens with zero attached hydrogens (tertiary/aromatic N) is 5. The number of pyridine rings is 1. The molecular formula is C31H33FN6O3. The summed E-state index contributed by atoms with van der Waals surface area (Å²) in [6.45, 7) is 4.25. The first kappa shape index (κ1) is 27.1.